The van der Waals surface area contributed by atoms with Gasteiger partial charge in [-0.2, -0.15) is 0 Å². The van der Waals surface area contributed by atoms with Gasteiger partial charge < -0.3 is 21.7 Å². The second-order valence-electron chi connectivity index (χ2n) is 6.62. The van der Waals surface area contributed by atoms with Crippen molar-refractivity contribution in [3.05, 3.63) is 23.8 Å². The number of rotatable bonds is 6. The Balaban J connectivity index is 1.96. The van der Waals surface area contributed by atoms with Crippen molar-refractivity contribution >= 4 is 29.2 Å². The first-order valence-electron chi connectivity index (χ1n) is 8.85. The van der Waals surface area contributed by atoms with Crippen molar-refractivity contribution < 1.29 is 14.4 Å². The average Bonchev–Trinajstić information content (AvgIpc) is 3.02. The van der Waals surface area contributed by atoms with Gasteiger partial charge in [0.1, 0.15) is 0 Å². The van der Waals surface area contributed by atoms with Crippen molar-refractivity contribution in [3.8, 4) is 0 Å². The van der Waals surface area contributed by atoms with Gasteiger partial charge in [0, 0.05) is 18.8 Å². The van der Waals surface area contributed by atoms with Gasteiger partial charge in [-0.05, 0) is 37.0 Å². The summed E-state index contributed by atoms with van der Waals surface area (Å²) in [6.45, 7) is 6.56. The number of carbonyl (C=O) groups excluding carboxylic acids is 3. The Morgan fingerprint density at radius 1 is 1.23 bits per heavy atom. The number of hydrogen-bond donors (Lipinski definition) is 4. The van der Waals surface area contributed by atoms with E-state index >= 15 is 0 Å². The molecule has 1 aliphatic rings. The van der Waals surface area contributed by atoms with E-state index < -0.39 is 6.04 Å². The molecule has 0 aliphatic carbocycles. The summed E-state index contributed by atoms with van der Waals surface area (Å²) in [4.78, 5) is 37.6. The normalized spacial score (nSPS) is 14.0. The van der Waals surface area contributed by atoms with Crippen molar-refractivity contribution in [1.82, 2.24) is 10.6 Å². The minimum absolute atomic E-state index is 0.00461. The monoisotopic (exact) mass is 361 g/mol. The van der Waals surface area contributed by atoms with Gasteiger partial charge in [-0.1, -0.05) is 19.9 Å². The van der Waals surface area contributed by atoms with E-state index in [1.807, 2.05) is 26.8 Å². The van der Waals surface area contributed by atoms with Crippen LogP contribution in [0.2, 0.25) is 0 Å². The Morgan fingerprint density at radius 3 is 2.62 bits per heavy atom. The molecule has 1 aromatic carbocycles. The molecule has 0 bridgehead atoms. The summed E-state index contributed by atoms with van der Waals surface area (Å²) in [5, 5.41) is 8.04. The number of benzene rings is 1. The maximum absolute atomic E-state index is 12.1. The number of urea groups is 1. The van der Waals surface area contributed by atoms with Gasteiger partial charge in [0.25, 0.3) is 0 Å². The van der Waals surface area contributed by atoms with Crippen molar-refractivity contribution in [2.24, 2.45) is 11.7 Å². The molecule has 8 heteroatoms. The van der Waals surface area contributed by atoms with Crippen LogP contribution < -0.4 is 26.6 Å². The van der Waals surface area contributed by atoms with E-state index in [9.17, 15) is 14.4 Å². The lowest BCUT2D eigenvalue weighted by atomic mass is 10.1. The van der Waals surface area contributed by atoms with E-state index in [4.69, 9.17) is 5.73 Å². The highest BCUT2D eigenvalue weighted by Crippen LogP contribution is 2.30. The first kappa shape index (κ1) is 19.7. The summed E-state index contributed by atoms with van der Waals surface area (Å²) in [6, 6.07) is 4.67. The molecule has 0 saturated carbocycles. The van der Waals surface area contributed by atoms with Crippen LogP contribution in [0.4, 0.5) is 16.2 Å². The average molecular weight is 361 g/mol. The number of hydrogen-bond acceptors (Lipinski definition) is 4. The molecule has 1 aliphatic heterocycles. The number of nitrogens with two attached hydrogens (primary N) is 1. The molecule has 26 heavy (non-hydrogen) atoms. The van der Waals surface area contributed by atoms with Gasteiger partial charge in [-0.25, -0.2) is 4.79 Å². The highest BCUT2D eigenvalue weighted by Gasteiger charge is 2.24. The van der Waals surface area contributed by atoms with Crippen LogP contribution in [0.3, 0.4) is 0 Å². The third kappa shape index (κ3) is 4.72. The van der Waals surface area contributed by atoms with Gasteiger partial charge in [-0.3, -0.25) is 14.5 Å². The zero-order valence-corrected chi connectivity index (χ0v) is 15.5. The van der Waals surface area contributed by atoms with E-state index in [1.54, 1.807) is 17.0 Å². The molecule has 5 N–H and O–H groups in total. The number of carbonyl (C=O) groups is 3. The SMILES string of the molecule is CCNC(=O)N1CCc2ccc(NC(=O)CNC(=O)[C@@H](N)C(C)C)cc21. The minimum Gasteiger partial charge on any atom is -0.346 e. The second kappa shape index (κ2) is 8.66. The molecule has 1 aromatic rings. The molecule has 1 heterocycles. The van der Waals surface area contributed by atoms with E-state index in [0.717, 1.165) is 17.7 Å². The summed E-state index contributed by atoms with van der Waals surface area (Å²) in [7, 11) is 0. The van der Waals surface area contributed by atoms with Crippen molar-refractivity contribution in [2.45, 2.75) is 33.2 Å². The largest absolute Gasteiger partial charge is 0.346 e. The molecule has 0 spiro atoms. The lowest BCUT2D eigenvalue weighted by molar-refractivity contribution is -0.125. The molecule has 1 atom stereocenters. The van der Waals surface area contributed by atoms with Crippen molar-refractivity contribution in [3.63, 3.8) is 0 Å². The quantitative estimate of drug-likeness (QED) is 0.600. The third-order valence-corrected chi connectivity index (χ3v) is 4.28. The van der Waals surface area contributed by atoms with Crippen LogP contribution >= 0.6 is 0 Å². The van der Waals surface area contributed by atoms with Gasteiger partial charge in [0.15, 0.2) is 0 Å². The highest BCUT2D eigenvalue weighted by atomic mass is 16.2. The number of anilines is 2. The number of amides is 4. The smallest absolute Gasteiger partial charge is 0.321 e. The maximum atomic E-state index is 12.1. The molecular formula is C18H27N5O3. The highest BCUT2D eigenvalue weighted by molar-refractivity contribution is 5.98. The molecule has 142 valence electrons. The van der Waals surface area contributed by atoms with E-state index in [1.165, 1.54) is 0 Å². The molecule has 0 saturated heterocycles. The minimum atomic E-state index is -0.645. The maximum Gasteiger partial charge on any atom is 0.321 e. The Hall–Kier alpha value is -2.61. The van der Waals surface area contributed by atoms with Crippen LogP contribution in [0.1, 0.15) is 26.3 Å². The second-order valence-corrected chi connectivity index (χ2v) is 6.62. The predicted molar refractivity (Wildman–Crippen MR) is 101 cm³/mol. The van der Waals surface area contributed by atoms with Gasteiger partial charge in [0.2, 0.25) is 11.8 Å². The van der Waals surface area contributed by atoms with Gasteiger partial charge in [0.05, 0.1) is 18.3 Å². The number of nitrogens with one attached hydrogen (secondary N) is 3. The molecular weight excluding hydrogens is 334 g/mol. The van der Waals surface area contributed by atoms with Crippen LogP contribution in [-0.4, -0.2) is 43.5 Å². The summed E-state index contributed by atoms with van der Waals surface area (Å²) < 4.78 is 0. The standard InChI is InChI=1S/C18H27N5O3/c1-4-20-18(26)23-8-7-12-5-6-13(9-14(12)23)22-15(24)10-21-17(25)16(19)11(2)3/h5-6,9,11,16H,4,7-8,10,19H2,1-3H3,(H,20,26)(H,21,25)(H,22,24)/t16-/m0/s1. The molecule has 0 aromatic heterocycles. The Bertz CT molecular complexity index is 689. The third-order valence-electron chi connectivity index (χ3n) is 4.28. The van der Waals surface area contributed by atoms with Crippen LogP contribution in [0.5, 0.6) is 0 Å². The van der Waals surface area contributed by atoms with E-state index in [-0.39, 0.29) is 30.3 Å². The fourth-order valence-corrected chi connectivity index (χ4v) is 2.71. The first-order valence-corrected chi connectivity index (χ1v) is 8.85. The molecule has 8 nitrogen and oxygen atoms in total. The van der Waals surface area contributed by atoms with Gasteiger partial charge in [-0.15, -0.1) is 0 Å². The zero-order chi connectivity index (χ0) is 19.3. The van der Waals surface area contributed by atoms with Gasteiger partial charge >= 0.3 is 6.03 Å². The van der Waals surface area contributed by atoms with Crippen LogP contribution in [-0.2, 0) is 16.0 Å². The molecule has 2 rings (SSSR count). The lowest BCUT2D eigenvalue weighted by Crippen LogP contribution is -2.46. The topological polar surface area (TPSA) is 117 Å². The summed E-state index contributed by atoms with van der Waals surface area (Å²) in [5.74, 6) is -0.710. The zero-order valence-electron chi connectivity index (χ0n) is 15.5. The van der Waals surface area contributed by atoms with Crippen LogP contribution in [0, 0.1) is 5.92 Å². The molecule has 0 unspecified atom stereocenters. The summed E-state index contributed by atoms with van der Waals surface area (Å²) in [5.41, 5.74) is 8.17. The first-order chi connectivity index (χ1) is 12.3. The van der Waals surface area contributed by atoms with E-state index in [0.29, 0.717) is 18.8 Å². The number of nitrogens with zero attached hydrogens (tertiary/aromatic N) is 1. The summed E-state index contributed by atoms with van der Waals surface area (Å²) >= 11 is 0. The predicted octanol–water partition coefficient (Wildman–Crippen LogP) is 0.817. The Morgan fingerprint density at radius 2 is 1.96 bits per heavy atom. The van der Waals surface area contributed by atoms with Crippen molar-refractivity contribution in [2.75, 3.05) is 29.9 Å². The van der Waals surface area contributed by atoms with Crippen LogP contribution in [0.15, 0.2) is 18.2 Å². The summed E-state index contributed by atoms with van der Waals surface area (Å²) in [6.07, 6.45) is 0.782. The van der Waals surface area contributed by atoms with E-state index in [2.05, 4.69) is 16.0 Å². The van der Waals surface area contributed by atoms with Crippen molar-refractivity contribution in [1.29, 1.82) is 0 Å². The Kier molecular flexibility index (Phi) is 6.57. The fourth-order valence-electron chi connectivity index (χ4n) is 2.71. The molecule has 4 amide bonds. The van der Waals surface area contributed by atoms with Crippen LogP contribution in [0.25, 0.3) is 0 Å². The number of fused-ring (bicyclic) bond motifs is 1. The Labute approximate surface area is 153 Å². The lowest BCUT2D eigenvalue weighted by Gasteiger charge is -2.18. The fraction of sp³-hybridized carbons (Fsp3) is 0.500. The molecule has 0 fully saturated rings. The molecule has 0 radical (unpaired) electrons.